The summed E-state index contributed by atoms with van der Waals surface area (Å²) >= 11 is 0. The Morgan fingerprint density at radius 2 is 2.24 bits per heavy atom. The van der Waals surface area contributed by atoms with Gasteiger partial charge in [-0.05, 0) is 0 Å². The van der Waals surface area contributed by atoms with E-state index >= 15 is 0 Å². The second kappa shape index (κ2) is 7.34. The van der Waals surface area contributed by atoms with E-state index in [2.05, 4.69) is 31.9 Å². The third-order valence-corrected chi connectivity index (χ3v) is 4.26. The van der Waals surface area contributed by atoms with Crippen molar-refractivity contribution in [1.82, 2.24) is 20.0 Å². The van der Waals surface area contributed by atoms with E-state index in [1.54, 1.807) is 21.8 Å². The number of hydrogen-bond acceptors (Lipinski definition) is 5. The average Bonchev–Trinajstić information content (AvgIpc) is 3.03. The van der Waals surface area contributed by atoms with Crippen molar-refractivity contribution in [2.24, 2.45) is 10.2 Å². The second-order valence-corrected chi connectivity index (χ2v) is 6.12. The highest BCUT2D eigenvalue weighted by Crippen LogP contribution is 2.37. The molecule has 9 heteroatoms. The molecule has 3 rings (SSSR count). The van der Waals surface area contributed by atoms with Gasteiger partial charge in [-0.1, -0.05) is 0 Å². The van der Waals surface area contributed by atoms with Gasteiger partial charge in [-0.15, -0.1) is 12.3 Å². The van der Waals surface area contributed by atoms with Crippen LogP contribution in [-0.4, -0.2) is 51.9 Å². The van der Waals surface area contributed by atoms with Gasteiger partial charge in [-0.2, -0.15) is 15.3 Å². The van der Waals surface area contributed by atoms with Gasteiger partial charge in [-0.3, -0.25) is 9.48 Å². The number of hydrogen-bond donors (Lipinski definition) is 2. The first-order valence-corrected chi connectivity index (χ1v) is 8.34. The summed E-state index contributed by atoms with van der Waals surface area (Å²) in [6.45, 7) is 2.56. The molecule has 0 radical (unpaired) electrons. The molecular weight excluding hydrogens is 322 g/mol. The molecule has 1 fully saturated rings. The van der Waals surface area contributed by atoms with Crippen LogP contribution in [0.15, 0.2) is 22.5 Å². The quantitative estimate of drug-likeness (QED) is 0.658. The summed E-state index contributed by atoms with van der Waals surface area (Å²) in [7, 11) is 0. The summed E-state index contributed by atoms with van der Waals surface area (Å²) in [6.07, 6.45) is 9.20. The number of amides is 3. The Morgan fingerprint density at radius 1 is 1.40 bits per heavy atom. The van der Waals surface area contributed by atoms with Crippen LogP contribution in [0.1, 0.15) is 25.7 Å². The Balaban J connectivity index is 1.39. The molecule has 1 aromatic heterocycles. The molecule has 0 unspecified atom stereocenters. The summed E-state index contributed by atoms with van der Waals surface area (Å²) in [4.78, 5) is 25.2. The van der Waals surface area contributed by atoms with Crippen LogP contribution in [0.4, 0.5) is 10.6 Å². The van der Waals surface area contributed by atoms with Gasteiger partial charge in [0, 0.05) is 57.6 Å². The molecule has 9 nitrogen and oxygen atoms in total. The summed E-state index contributed by atoms with van der Waals surface area (Å²) < 4.78 is 1.71. The lowest BCUT2D eigenvalue weighted by atomic mass is 10.0. The number of carbonyl (C=O) groups is 2. The summed E-state index contributed by atoms with van der Waals surface area (Å²) in [5.74, 6) is 2.94. The van der Waals surface area contributed by atoms with Gasteiger partial charge in [-0.25, -0.2) is 4.79 Å². The average molecular weight is 343 g/mol. The second-order valence-electron chi connectivity index (χ2n) is 6.12. The minimum Gasteiger partial charge on any atom is -0.336 e. The van der Waals surface area contributed by atoms with Crippen molar-refractivity contribution in [3.05, 3.63) is 12.3 Å². The first-order valence-electron chi connectivity index (χ1n) is 8.34. The number of rotatable bonds is 9. The third-order valence-electron chi connectivity index (χ3n) is 4.26. The van der Waals surface area contributed by atoms with Crippen molar-refractivity contribution in [3.8, 4) is 12.3 Å². The summed E-state index contributed by atoms with van der Waals surface area (Å²) in [5, 5.41) is 17.9. The van der Waals surface area contributed by atoms with Crippen LogP contribution >= 0.6 is 0 Å². The molecule has 3 amide bonds. The number of terminal acetylenes is 1. The van der Waals surface area contributed by atoms with Gasteiger partial charge < -0.3 is 15.5 Å². The molecule has 2 aliphatic heterocycles. The normalized spacial score (nSPS) is 17.2. The maximum Gasteiger partial charge on any atom is 0.317 e. The highest BCUT2D eigenvalue weighted by Gasteiger charge is 2.39. The Hall–Kier alpha value is -2.89. The topological polar surface area (TPSA) is 104 Å². The van der Waals surface area contributed by atoms with Gasteiger partial charge >= 0.3 is 6.03 Å². The molecule has 0 aromatic carbocycles. The van der Waals surface area contributed by atoms with Crippen LogP contribution in [0.2, 0.25) is 0 Å². The van der Waals surface area contributed by atoms with Crippen LogP contribution in [0.3, 0.4) is 0 Å². The van der Waals surface area contributed by atoms with E-state index in [-0.39, 0.29) is 11.9 Å². The lowest BCUT2D eigenvalue weighted by Crippen LogP contribution is -2.31. The number of nitrogens with one attached hydrogen (secondary N) is 2. The molecule has 25 heavy (non-hydrogen) atoms. The standard InChI is InChI=1S/C16H21N7O2/c1-2-3-6-16(20-21-16)7-4-14(24)18-13-5-9-23(19-13)12-11-22-10-8-17-15(22)25/h1,5,9H,3-4,6-8,10-12H2,(H,17,25)(H,18,19,24). The smallest absolute Gasteiger partial charge is 0.317 e. The fraction of sp³-hybridized carbons (Fsp3) is 0.562. The maximum atomic E-state index is 12.0. The number of aromatic nitrogens is 2. The van der Waals surface area contributed by atoms with Crippen molar-refractivity contribution < 1.29 is 9.59 Å². The lowest BCUT2D eigenvalue weighted by molar-refractivity contribution is -0.116. The molecular formula is C16H21N7O2. The van der Waals surface area contributed by atoms with Crippen LogP contribution in [0.5, 0.6) is 0 Å². The zero-order valence-corrected chi connectivity index (χ0v) is 13.9. The molecule has 1 aromatic rings. The first-order chi connectivity index (χ1) is 12.1. The predicted molar refractivity (Wildman–Crippen MR) is 90.7 cm³/mol. The zero-order valence-electron chi connectivity index (χ0n) is 13.9. The molecule has 0 spiro atoms. The number of carbonyl (C=O) groups excluding carboxylic acids is 2. The van der Waals surface area contributed by atoms with E-state index in [9.17, 15) is 9.59 Å². The molecule has 1 saturated heterocycles. The van der Waals surface area contributed by atoms with Gasteiger partial charge in [0.05, 0.1) is 6.54 Å². The lowest BCUT2D eigenvalue weighted by Gasteiger charge is -2.13. The zero-order chi connectivity index (χ0) is 17.7. The molecule has 2 aliphatic rings. The molecule has 3 heterocycles. The van der Waals surface area contributed by atoms with Gasteiger partial charge in [0.2, 0.25) is 5.91 Å². The van der Waals surface area contributed by atoms with Crippen molar-refractivity contribution in [3.63, 3.8) is 0 Å². The van der Waals surface area contributed by atoms with Crippen molar-refractivity contribution in [1.29, 1.82) is 0 Å². The van der Waals surface area contributed by atoms with Crippen LogP contribution in [0, 0.1) is 12.3 Å². The number of anilines is 1. The highest BCUT2D eigenvalue weighted by molar-refractivity contribution is 5.89. The highest BCUT2D eigenvalue weighted by atomic mass is 16.2. The van der Waals surface area contributed by atoms with E-state index < -0.39 is 5.66 Å². The van der Waals surface area contributed by atoms with E-state index in [0.717, 1.165) is 0 Å². The molecule has 0 bridgehead atoms. The summed E-state index contributed by atoms with van der Waals surface area (Å²) in [6, 6.07) is 1.69. The molecule has 0 aliphatic carbocycles. The van der Waals surface area contributed by atoms with Crippen molar-refractivity contribution in [2.45, 2.75) is 37.9 Å². The van der Waals surface area contributed by atoms with E-state index in [1.807, 2.05) is 0 Å². The van der Waals surface area contributed by atoms with E-state index in [0.29, 0.717) is 57.7 Å². The SMILES string of the molecule is C#CCCC1(CCC(=O)Nc2ccn(CCN3CCNC3=O)n2)N=N1. The minimum atomic E-state index is -0.445. The van der Waals surface area contributed by atoms with Crippen molar-refractivity contribution >= 4 is 17.8 Å². The first kappa shape index (κ1) is 17.0. The van der Waals surface area contributed by atoms with Crippen LogP contribution < -0.4 is 10.6 Å². The maximum absolute atomic E-state index is 12.0. The molecule has 0 saturated carbocycles. The molecule has 132 valence electrons. The fourth-order valence-electron chi connectivity index (χ4n) is 2.69. The van der Waals surface area contributed by atoms with E-state index in [4.69, 9.17) is 6.42 Å². The Morgan fingerprint density at radius 3 is 2.92 bits per heavy atom. The van der Waals surface area contributed by atoms with Gasteiger partial charge in [0.1, 0.15) is 0 Å². The fourth-order valence-corrected chi connectivity index (χ4v) is 2.69. The van der Waals surface area contributed by atoms with Crippen LogP contribution in [0.25, 0.3) is 0 Å². The minimum absolute atomic E-state index is 0.0460. The van der Waals surface area contributed by atoms with Crippen LogP contribution in [-0.2, 0) is 11.3 Å². The monoisotopic (exact) mass is 343 g/mol. The summed E-state index contributed by atoms with van der Waals surface area (Å²) in [5.41, 5.74) is -0.445. The van der Waals surface area contributed by atoms with Gasteiger partial charge in [0.25, 0.3) is 0 Å². The Labute approximate surface area is 145 Å². The number of nitrogens with zero attached hydrogens (tertiary/aromatic N) is 5. The van der Waals surface area contributed by atoms with Crippen molar-refractivity contribution in [2.75, 3.05) is 25.0 Å². The predicted octanol–water partition coefficient (Wildman–Crippen LogP) is 1.20. The molecule has 2 N–H and O–H groups in total. The third kappa shape index (κ3) is 4.56. The van der Waals surface area contributed by atoms with Gasteiger partial charge in [0.15, 0.2) is 11.5 Å². The largest absolute Gasteiger partial charge is 0.336 e. The van der Waals surface area contributed by atoms with E-state index in [1.165, 1.54) is 0 Å². The Bertz CT molecular complexity index is 712. The molecule has 0 atom stereocenters. The Kier molecular flexibility index (Phi) is 4.97. The number of urea groups is 1.